The Balaban J connectivity index is 1.62. The van der Waals surface area contributed by atoms with E-state index in [1.807, 2.05) is 6.07 Å². The van der Waals surface area contributed by atoms with Gasteiger partial charge in [0.05, 0.1) is 6.04 Å². The van der Waals surface area contributed by atoms with Gasteiger partial charge in [0.1, 0.15) is 11.6 Å². The molecule has 7 nitrogen and oxygen atoms in total. The predicted octanol–water partition coefficient (Wildman–Crippen LogP) is 2.31. The summed E-state index contributed by atoms with van der Waals surface area (Å²) in [4.78, 5) is 15.5. The van der Waals surface area contributed by atoms with Gasteiger partial charge in [0, 0.05) is 38.6 Å². The number of nitrogens with zero attached hydrogens (tertiary/aromatic N) is 1. The molecule has 1 aliphatic heterocycles. The zero-order valence-corrected chi connectivity index (χ0v) is 17.0. The van der Waals surface area contributed by atoms with Gasteiger partial charge in [0.2, 0.25) is 15.9 Å². The molecule has 1 aliphatic rings. The van der Waals surface area contributed by atoms with Crippen molar-refractivity contribution in [1.82, 2.24) is 15.0 Å². The van der Waals surface area contributed by atoms with Crippen LogP contribution in [0.2, 0.25) is 0 Å². The first-order valence-corrected chi connectivity index (χ1v) is 11.1. The fourth-order valence-corrected chi connectivity index (χ4v) is 4.60. The van der Waals surface area contributed by atoms with Crippen molar-refractivity contribution in [2.75, 3.05) is 19.8 Å². The van der Waals surface area contributed by atoms with E-state index in [1.54, 1.807) is 18.5 Å². The Labute approximate surface area is 173 Å². The highest BCUT2D eigenvalue weighted by molar-refractivity contribution is 7.89. The molecular formula is C20H23F2N3O4S. The Morgan fingerprint density at radius 3 is 2.50 bits per heavy atom. The van der Waals surface area contributed by atoms with E-state index in [2.05, 4.69) is 15.0 Å². The second-order valence-corrected chi connectivity index (χ2v) is 8.68. The lowest BCUT2D eigenvalue weighted by Gasteiger charge is -2.31. The van der Waals surface area contributed by atoms with Crippen LogP contribution in [0.15, 0.2) is 47.6 Å². The number of hydrogen-bond acceptors (Lipinski definition) is 5. The number of benzene rings is 1. The maximum Gasteiger partial charge on any atom is 0.246 e. The average molecular weight is 439 g/mol. The molecule has 0 bridgehead atoms. The number of carbonyl (C=O) groups is 1. The molecule has 2 heterocycles. The molecule has 1 aromatic carbocycles. The van der Waals surface area contributed by atoms with Crippen molar-refractivity contribution in [1.29, 1.82) is 0 Å². The second-order valence-electron chi connectivity index (χ2n) is 6.98. The van der Waals surface area contributed by atoms with Crippen LogP contribution in [0.5, 0.6) is 0 Å². The molecule has 0 saturated carbocycles. The minimum absolute atomic E-state index is 0.163. The number of hydrogen-bond donors (Lipinski definition) is 2. The fourth-order valence-electron chi connectivity index (χ4n) is 3.44. The van der Waals surface area contributed by atoms with Crippen molar-refractivity contribution in [2.24, 2.45) is 5.92 Å². The third-order valence-corrected chi connectivity index (χ3v) is 6.44. The summed E-state index contributed by atoms with van der Waals surface area (Å²) >= 11 is 0. The van der Waals surface area contributed by atoms with Gasteiger partial charge in [-0.1, -0.05) is 12.1 Å². The van der Waals surface area contributed by atoms with Crippen LogP contribution in [0.3, 0.4) is 0 Å². The van der Waals surface area contributed by atoms with Gasteiger partial charge in [-0.05, 0) is 42.5 Å². The van der Waals surface area contributed by atoms with Crippen molar-refractivity contribution >= 4 is 15.9 Å². The molecule has 0 radical (unpaired) electrons. The number of amides is 1. The van der Waals surface area contributed by atoms with Gasteiger partial charge in [-0.3, -0.25) is 9.78 Å². The Morgan fingerprint density at radius 1 is 1.17 bits per heavy atom. The molecular weight excluding hydrogens is 416 g/mol. The normalized spacial score (nSPS) is 16.2. The largest absolute Gasteiger partial charge is 0.381 e. The number of nitrogens with one attached hydrogen (secondary N) is 2. The van der Waals surface area contributed by atoms with E-state index in [4.69, 9.17) is 4.74 Å². The summed E-state index contributed by atoms with van der Waals surface area (Å²) in [6.07, 6.45) is 4.69. The molecule has 2 N–H and O–H groups in total. The number of halogens is 2. The van der Waals surface area contributed by atoms with Gasteiger partial charge < -0.3 is 10.1 Å². The van der Waals surface area contributed by atoms with E-state index in [-0.39, 0.29) is 30.8 Å². The third kappa shape index (κ3) is 5.59. The number of pyridine rings is 1. The molecule has 1 saturated heterocycles. The highest BCUT2D eigenvalue weighted by atomic mass is 32.2. The minimum Gasteiger partial charge on any atom is -0.381 e. The van der Waals surface area contributed by atoms with Gasteiger partial charge in [-0.15, -0.1) is 0 Å². The number of rotatable bonds is 8. The summed E-state index contributed by atoms with van der Waals surface area (Å²) in [5.74, 6) is -2.60. The third-order valence-electron chi connectivity index (χ3n) is 4.93. The standard InChI is InChI=1S/C20H23F2N3O4S/c21-16-4-1-5-17(22)20(16)30(27,28)24-10-6-18(26)25-19(14-7-11-29-12-8-14)15-3-2-9-23-13-15/h1-5,9,13-14,19,24H,6-8,10-12H2,(H,25,26). The van der Waals surface area contributed by atoms with E-state index in [0.717, 1.165) is 36.6 Å². The fraction of sp³-hybridized carbons (Fsp3) is 0.400. The summed E-state index contributed by atoms with van der Waals surface area (Å²) < 4.78 is 59.4. The molecule has 1 amide bonds. The summed E-state index contributed by atoms with van der Waals surface area (Å²) in [5, 5.41) is 2.93. The van der Waals surface area contributed by atoms with Crippen LogP contribution in [0.1, 0.15) is 30.9 Å². The molecule has 162 valence electrons. The lowest BCUT2D eigenvalue weighted by molar-refractivity contribution is -0.122. The highest BCUT2D eigenvalue weighted by Gasteiger charge is 2.28. The lowest BCUT2D eigenvalue weighted by Crippen LogP contribution is -2.38. The van der Waals surface area contributed by atoms with Crippen LogP contribution >= 0.6 is 0 Å². The van der Waals surface area contributed by atoms with E-state index in [1.165, 1.54) is 0 Å². The molecule has 1 aromatic heterocycles. The smallest absolute Gasteiger partial charge is 0.246 e. The van der Waals surface area contributed by atoms with Crippen molar-refractivity contribution < 1.29 is 26.7 Å². The van der Waals surface area contributed by atoms with Gasteiger partial charge in [-0.2, -0.15) is 0 Å². The minimum atomic E-state index is -4.42. The first kappa shape index (κ1) is 22.3. The summed E-state index contributed by atoms with van der Waals surface area (Å²) in [7, 11) is -4.42. The molecule has 2 aromatic rings. The highest BCUT2D eigenvalue weighted by Crippen LogP contribution is 2.29. The molecule has 0 spiro atoms. The molecule has 0 aliphatic carbocycles. The number of sulfonamides is 1. The van der Waals surface area contributed by atoms with Crippen molar-refractivity contribution in [3.05, 3.63) is 59.9 Å². The first-order chi connectivity index (χ1) is 14.4. The van der Waals surface area contributed by atoms with Crippen molar-refractivity contribution in [2.45, 2.75) is 30.2 Å². The monoisotopic (exact) mass is 439 g/mol. The predicted molar refractivity (Wildman–Crippen MR) is 105 cm³/mol. The quantitative estimate of drug-likeness (QED) is 0.658. The van der Waals surface area contributed by atoms with Crippen LogP contribution in [-0.2, 0) is 19.6 Å². The topological polar surface area (TPSA) is 97.4 Å². The molecule has 1 atom stereocenters. The van der Waals surface area contributed by atoms with E-state index in [0.29, 0.717) is 13.2 Å². The van der Waals surface area contributed by atoms with Gasteiger partial charge in [-0.25, -0.2) is 21.9 Å². The Kier molecular flexibility index (Phi) is 7.46. The number of aromatic nitrogens is 1. The second kappa shape index (κ2) is 10.1. The zero-order chi connectivity index (χ0) is 21.6. The summed E-state index contributed by atoms with van der Waals surface area (Å²) in [6, 6.07) is 6.16. The summed E-state index contributed by atoms with van der Waals surface area (Å²) in [6.45, 7) is 0.909. The molecule has 3 rings (SSSR count). The van der Waals surface area contributed by atoms with Gasteiger partial charge >= 0.3 is 0 Å². The number of ether oxygens (including phenoxy) is 1. The van der Waals surface area contributed by atoms with Crippen LogP contribution in [0.25, 0.3) is 0 Å². The first-order valence-electron chi connectivity index (χ1n) is 9.59. The zero-order valence-electron chi connectivity index (χ0n) is 16.2. The van der Waals surface area contributed by atoms with Crippen molar-refractivity contribution in [3.8, 4) is 0 Å². The SMILES string of the molecule is O=C(CCNS(=O)(=O)c1c(F)cccc1F)NC(c1cccnc1)C1CCOCC1. The Bertz CT molecular complexity index is 947. The van der Waals surface area contributed by atoms with Gasteiger partial charge in [0.15, 0.2) is 4.90 Å². The number of carbonyl (C=O) groups excluding carboxylic acids is 1. The maximum atomic E-state index is 13.7. The average Bonchev–Trinajstić information content (AvgIpc) is 2.73. The van der Waals surface area contributed by atoms with E-state index >= 15 is 0 Å². The molecule has 30 heavy (non-hydrogen) atoms. The molecule has 10 heteroatoms. The van der Waals surface area contributed by atoms with Crippen LogP contribution in [0, 0.1) is 17.6 Å². The molecule has 1 fully saturated rings. The van der Waals surface area contributed by atoms with Gasteiger partial charge in [0.25, 0.3) is 0 Å². The maximum absolute atomic E-state index is 13.7. The van der Waals surface area contributed by atoms with E-state index < -0.39 is 26.6 Å². The van der Waals surface area contributed by atoms with E-state index in [9.17, 15) is 22.0 Å². The Hall–Kier alpha value is -2.43. The molecule has 1 unspecified atom stereocenters. The Morgan fingerprint density at radius 2 is 1.87 bits per heavy atom. The van der Waals surface area contributed by atoms with Crippen molar-refractivity contribution in [3.63, 3.8) is 0 Å². The lowest BCUT2D eigenvalue weighted by atomic mass is 9.87. The van der Waals surface area contributed by atoms with Crippen LogP contribution in [0.4, 0.5) is 8.78 Å². The van der Waals surface area contributed by atoms with Crippen LogP contribution in [-0.4, -0.2) is 39.1 Å². The van der Waals surface area contributed by atoms with Crippen LogP contribution < -0.4 is 10.0 Å². The summed E-state index contributed by atoms with van der Waals surface area (Å²) in [5.41, 5.74) is 0.853.